The molecule has 0 amide bonds. The second-order valence-electron chi connectivity index (χ2n) is 6.04. The Morgan fingerprint density at radius 1 is 1.29 bits per heavy atom. The summed E-state index contributed by atoms with van der Waals surface area (Å²) in [5.41, 5.74) is 2.18. The van der Waals surface area contributed by atoms with E-state index in [2.05, 4.69) is 29.2 Å². The largest absolute Gasteiger partial charge is 0.356 e. The second-order valence-corrected chi connectivity index (χ2v) is 8.34. The average molecular weight is 314 g/mol. The lowest BCUT2D eigenvalue weighted by Crippen LogP contribution is -2.31. The van der Waals surface area contributed by atoms with Crippen molar-refractivity contribution >= 4 is 15.7 Å². The van der Waals surface area contributed by atoms with Gasteiger partial charge >= 0.3 is 0 Å². The first-order valence-corrected chi connectivity index (χ1v) is 9.33. The van der Waals surface area contributed by atoms with E-state index in [9.17, 15) is 8.42 Å². The molecule has 7 heteroatoms. The van der Waals surface area contributed by atoms with Crippen molar-refractivity contribution in [3.05, 3.63) is 11.3 Å². The van der Waals surface area contributed by atoms with Crippen LogP contribution in [0.25, 0.3) is 0 Å². The van der Waals surface area contributed by atoms with E-state index < -0.39 is 9.84 Å². The second kappa shape index (κ2) is 6.36. The summed E-state index contributed by atoms with van der Waals surface area (Å²) in [7, 11) is -0.961. The van der Waals surface area contributed by atoms with Crippen molar-refractivity contribution in [2.75, 3.05) is 29.5 Å². The van der Waals surface area contributed by atoms with E-state index in [1.54, 1.807) is 0 Å². The minimum absolute atomic E-state index is 0.230. The van der Waals surface area contributed by atoms with Crippen molar-refractivity contribution in [2.45, 2.75) is 39.8 Å². The number of anilines is 1. The third-order valence-electron chi connectivity index (χ3n) is 3.86. The predicted octanol–water partition coefficient (Wildman–Crippen LogP) is 0.851. The van der Waals surface area contributed by atoms with Crippen molar-refractivity contribution in [1.29, 1.82) is 0 Å². The van der Waals surface area contributed by atoms with E-state index in [1.807, 2.05) is 18.7 Å². The van der Waals surface area contributed by atoms with E-state index in [1.165, 1.54) is 5.56 Å². The van der Waals surface area contributed by atoms with Crippen LogP contribution in [0.3, 0.4) is 0 Å². The summed E-state index contributed by atoms with van der Waals surface area (Å²) in [4.78, 5) is 2.17. The molecule has 0 atom stereocenters. The van der Waals surface area contributed by atoms with Crippen LogP contribution in [-0.4, -0.2) is 48.8 Å². The monoisotopic (exact) mass is 314 g/mol. The maximum absolute atomic E-state index is 11.8. The smallest absolute Gasteiger partial charge is 0.152 e. The van der Waals surface area contributed by atoms with Gasteiger partial charge in [0.25, 0.3) is 0 Å². The predicted molar refractivity (Wildman–Crippen MR) is 85.4 cm³/mol. The number of aryl methyl sites for hydroxylation is 2. The first kappa shape index (κ1) is 16.3. The zero-order valence-corrected chi connectivity index (χ0v) is 14.2. The zero-order valence-electron chi connectivity index (χ0n) is 13.4. The number of aromatic nitrogens is 2. The fraction of sp³-hybridized carbons (Fsp3) is 0.786. The molecule has 0 unspecified atom stereocenters. The van der Waals surface area contributed by atoms with Crippen LogP contribution in [0.15, 0.2) is 0 Å². The number of hydrogen-bond donors (Lipinski definition) is 1. The Labute approximate surface area is 127 Å². The van der Waals surface area contributed by atoms with Gasteiger partial charge in [0.1, 0.15) is 5.82 Å². The van der Waals surface area contributed by atoms with Gasteiger partial charge in [0, 0.05) is 38.3 Å². The molecule has 1 N–H and O–H groups in total. The zero-order chi connectivity index (χ0) is 15.6. The molecule has 1 aromatic rings. The third-order valence-corrected chi connectivity index (χ3v) is 5.57. The van der Waals surface area contributed by atoms with Gasteiger partial charge in [-0.05, 0) is 13.3 Å². The molecule has 1 aliphatic rings. The molecule has 0 bridgehead atoms. The van der Waals surface area contributed by atoms with Crippen molar-refractivity contribution in [3.8, 4) is 0 Å². The fourth-order valence-corrected chi connectivity index (χ4v) is 4.02. The third kappa shape index (κ3) is 3.97. The van der Waals surface area contributed by atoms with Crippen LogP contribution >= 0.6 is 0 Å². The number of nitrogens with zero attached hydrogens (tertiary/aromatic N) is 3. The molecule has 0 spiro atoms. The highest BCUT2D eigenvalue weighted by molar-refractivity contribution is 7.91. The summed E-state index contributed by atoms with van der Waals surface area (Å²) in [6.07, 6.45) is 0.684. The number of rotatable bonds is 4. The topological polar surface area (TPSA) is 67.2 Å². The summed E-state index contributed by atoms with van der Waals surface area (Å²) in [6, 6.07) is 0.405. The Kier molecular flexibility index (Phi) is 4.93. The molecule has 1 aliphatic heterocycles. The molecule has 0 aliphatic carbocycles. The van der Waals surface area contributed by atoms with Gasteiger partial charge < -0.3 is 10.2 Å². The molecular formula is C14H26N4O2S. The van der Waals surface area contributed by atoms with Crippen LogP contribution in [0.1, 0.15) is 31.5 Å². The Bertz CT molecular complexity index is 592. The Morgan fingerprint density at radius 3 is 2.67 bits per heavy atom. The Balaban J connectivity index is 2.25. The van der Waals surface area contributed by atoms with Crippen LogP contribution in [0.5, 0.6) is 0 Å². The summed E-state index contributed by atoms with van der Waals surface area (Å²) in [5.74, 6) is 1.58. The van der Waals surface area contributed by atoms with E-state index in [0.717, 1.165) is 24.6 Å². The maximum atomic E-state index is 11.8. The van der Waals surface area contributed by atoms with Gasteiger partial charge in [0.15, 0.2) is 9.84 Å². The van der Waals surface area contributed by atoms with E-state index in [0.29, 0.717) is 24.8 Å². The van der Waals surface area contributed by atoms with Gasteiger partial charge in [-0.15, -0.1) is 0 Å². The highest BCUT2D eigenvalue weighted by atomic mass is 32.2. The van der Waals surface area contributed by atoms with Gasteiger partial charge in [-0.1, -0.05) is 13.8 Å². The van der Waals surface area contributed by atoms with E-state index in [-0.39, 0.29) is 5.75 Å². The molecule has 2 rings (SSSR count). The van der Waals surface area contributed by atoms with Crippen LogP contribution in [0, 0.1) is 6.92 Å². The van der Waals surface area contributed by atoms with Gasteiger partial charge in [-0.25, -0.2) is 8.42 Å². The van der Waals surface area contributed by atoms with E-state index >= 15 is 0 Å². The van der Waals surface area contributed by atoms with Crippen LogP contribution in [-0.2, 0) is 23.4 Å². The summed E-state index contributed by atoms with van der Waals surface area (Å²) in [6.45, 7) is 8.32. The van der Waals surface area contributed by atoms with Gasteiger partial charge in [0.2, 0.25) is 0 Å². The SMILES string of the molecule is Cc1nn(C)c(N2CCCS(=O)(=O)CC2)c1CNC(C)C. The minimum Gasteiger partial charge on any atom is -0.356 e. The number of hydrogen-bond acceptors (Lipinski definition) is 5. The maximum Gasteiger partial charge on any atom is 0.152 e. The van der Waals surface area contributed by atoms with Gasteiger partial charge in [-0.2, -0.15) is 5.10 Å². The molecule has 2 heterocycles. The lowest BCUT2D eigenvalue weighted by atomic mass is 10.2. The van der Waals surface area contributed by atoms with Crippen LogP contribution < -0.4 is 10.2 Å². The minimum atomic E-state index is -2.89. The van der Waals surface area contributed by atoms with E-state index in [4.69, 9.17) is 0 Å². The highest BCUT2D eigenvalue weighted by Gasteiger charge is 2.24. The normalized spacial score (nSPS) is 19.0. The highest BCUT2D eigenvalue weighted by Crippen LogP contribution is 2.24. The first-order valence-electron chi connectivity index (χ1n) is 7.51. The molecule has 21 heavy (non-hydrogen) atoms. The van der Waals surface area contributed by atoms with Gasteiger partial charge in [-0.3, -0.25) is 4.68 Å². The lowest BCUT2D eigenvalue weighted by Gasteiger charge is -2.24. The summed E-state index contributed by atoms with van der Waals surface area (Å²) >= 11 is 0. The average Bonchev–Trinajstić information content (AvgIpc) is 2.53. The molecule has 120 valence electrons. The quantitative estimate of drug-likeness (QED) is 0.892. The number of sulfone groups is 1. The first-order chi connectivity index (χ1) is 9.80. The van der Waals surface area contributed by atoms with Crippen molar-refractivity contribution in [2.24, 2.45) is 7.05 Å². The van der Waals surface area contributed by atoms with Gasteiger partial charge in [0.05, 0.1) is 17.2 Å². The molecule has 0 aromatic carbocycles. The molecule has 1 fully saturated rings. The molecule has 0 radical (unpaired) electrons. The Hall–Kier alpha value is -1.08. The molecule has 6 nitrogen and oxygen atoms in total. The molecule has 1 saturated heterocycles. The molecule has 1 aromatic heterocycles. The molecule has 0 saturated carbocycles. The van der Waals surface area contributed by atoms with Crippen molar-refractivity contribution < 1.29 is 8.42 Å². The fourth-order valence-electron chi connectivity index (χ4n) is 2.75. The standard InChI is InChI=1S/C14H26N4O2S/c1-11(2)15-10-13-12(3)16-17(4)14(13)18-6-5-8-21(19,20)9-7-18/h11,15H,5-10H2,1-4H3. The Morgan fingerprint density at radius 2 is 2.00 bits per heavy atom. The summed E-state index contributed by atoms with van der Waals surface area (Å²) < 4.78 is 25.4. The lowest BCUT2D eigenvalue weighted by molar-refractivity contribution is 0.586. The van der Waals surface area contributed by atoms with Crippen LogP contribution in [0.2, 0.25) is 0 Å². The van der Waals surface area contributed by atoms with Crippen LogP contribution in [0.4, 0.5) is 5.82 Å². The molecular weight excluding hydrogens is 288 g/mol. The van der Waals surface area contributed by atoms with Crippen molar-refractivity contribution in [1.82, 2.24) is 15.1 Å². The van der Waals surface area contributed by atoms with Crippen molar-refractivity contribution in [3.63, 3.8) is 0 Å². The summed E-state index contributed by atoms with van der Waals surface area (Å²) in [5, 5.41) is 7.95. The number of nitrogens with one attached hydrogen (secondary N) is 1.